The van der Waals surface area contributed by atoms with E-state index in [1.807, 2.05) is 60.7 Å². The molecule has 2 amide bonds. The van der Waals surface area contributed by atoms with E-state index in [4.69, 9.17) is 12.2 Å². The van der Waals surface area contributed by atoms with Gasteiger partial charge in [0.25, 0.3) is 5.91 Å². The summed E-state index contributed by atoms with van der Waals surface area (Å²) < 4.78 is 0.556. The van der Waals surface area contributed by atoms with Crippen LogP contribution in [0, 0.1) is 0 Å². The van der Waals surface area contributed by atoms with Crippen molar-refractivity contribution in [3.8, 4) is 0 Å². The number of carbonyl (C=O) groups excluding carboxylic acids is 2. The fraction of sp³-hybridized carbons (Fsp3) is 0.0870. The zero-order valence-electron chi connectivity index (χ0n) is 15.9. The van der Waals surface area contributed by atoms with Crippen LogP contribution in [-0.4, -0.2) is 21.0 Å². The molecule has 4 nitrogen and oxygen atoms in total. The lowest BCUT2D eigenvalue weighted by Gasteiger charge is -2.15. The maximum atomic E-state index is 12.6. The number of hydrogen-bond donors (Lipinski definition) is 0. The summed E-state index contributed by atoms with van der Waals surface area (Å²) in [5, 5.41) is 0. The fourth-order valence-electron chi connectivity index (χ4n) is 2.72. The lowest BCUT2D eigenvalue weighted by molar-refractivity contribution is -0.122. The third-order valence-electron chi connectivity index (χ3n) is 4.14. The Hall–Kier alpha value is -2.96. The standard InChI is InChI=1S/C23H20N2O2S2/c1-18(26)24(20-13-7-3-8-14-20)16-10-4-9-15-21-22(27)25(23(28)29-21)17-19-11-5-2-6-12-19/h2-16H,17H2,1H3. The van der Waals surface area contributed by atoms with Crippen LogP contribution in [0.15, 0.2) is 96.1 Å². The van der Waals surface area contributed by atoms with E-state index < -0.39 is 0 Å². The number of carbonyl (C=O) groups is 2. The number of hydrogen-bond acceptors (Lipinski definition) is 4. The molecule has 0 aliphatic carbocycles. The topological polar surface area (TPSA) is 40.6 Å². The van der Waals surface area contributed by atoms with Crippen molar-refractivity contribution in [2.24, 2.45) is 0 Å². The molecular formula is C23H20N2O2S2. The van der Waals surface area contributed by atoms with E-state index in [1.54, 1.807) is 40.3 Å². The highest BCUT2D eigenvalue weighted by molar-refractivity contribution is 8.26. The van der Waals surface area contributed by atoms with Crippen LogP contribution in [0.2, 0.25) is 0 Å². The van der Waals surface area contributed by atoms with Gasteiger partial charge in [0.15, 0.2) is 0 Å². The largest absolute Gasteiger partial charge is 0.288 e. The SMILES string of the molecule is CC(=O)N(C=CC=CC=C1SC(=S)N(Cc2ccccc2)C1=O)c1ccccc1. The van der Waals surface area contributed by atoms with Crippen LogP contribution in [0.25, 0.3) is 0 Å². The van der Waals surface area contributed by atoms with Crippen molar-refractivity contribution in [2.45, 2.75) is 13.5 Å². The number of rotatable bonds is 6. The molecule has 0 atom stereocenters. The zero-order chi connectivity index (χ0) is 20.6. The summed E-state index contributed by atoms with van der Waals surface area (Å²) in [6, 6.07) is 19.2. The maximum absolute atomic E-state index is 12.6. The third kappa shape index (κ3) is 5.53. The van der Waals surface area contributed by atoms with Gasteiger partial charge in [0, 0.05) is 18.8 Å². The summed E-state index contributed by atoms with van der Waals surface area (Å²) in [4.78, 5) is 28.2. The highest BCUT2D eigenvalue weighted by Crippen LogP contribution is 2.32. The van der Waals surface area contributed by atoms with Crippen LogP contribution in [0.5, 0.6) is 0 Å². The van der Waals surface area contributed by atoms with E-state index in [9.17, 15) is 9.59 Å². The second-order valence-electron chi connectivity index (χ2n) is 6.23. The highest BCUT2D eigenvalue weighted by atomic mass is 32.2. The molecule has 1 aliphatic heterocycles. The molecule has 1 heterocycles. The van der Waals surface area contributed by atoms with E-state index in [2.05, 4.69) is 0 Å². The van der Waals surface area contributed by atoms with Crippen LogP contribution in [-0.2, 0) is 16.1 Å². The van der Waals surface area contributed by atoms with Crippen molar-refractivity contribution in [3.05, 3.63) is 102 Å². The van der Waals surface area contributed by atoms with E-state index in [-0.39, 0.29) is 11.8 Å². The molecule has 0 N–H and O–H groups in total. The zero-order valence-corrected chi connectivity index (χ0v) is 17.5. The summed E-state index contributed by atoms with van der Waals surface area (Å²) in [5.41, 5.74) is 1.83. The first-order valence-corrected chi connectivity index (χ1v) is 10.3. The van der Waals surface area contributed by atoms with Crippen LogP contribution in [0.3, 0.4) is 0 Å². The van der Waals surface area contributed by atoms with Crippen LogP contribution in [0.1, 0.15) is 12.5 Å². The van der Waals surface area contributed by atoms with Crippen molar-refractivity contribution in [1.82, 2.24) is 4.90 Å². The van der Waals surface area contributed by atoms with Gasteiger partial charge in [0.05, 0.1) is 11.4 Å². The van der Waals surface area contributed by atoms with Gasteiger partial charge >= 0.3 is 0 Å². The molecule has 0 unspecified atom stereocenters. The Morgan fingerprint density at radius 2 is 1.69 bits per heavy atom. The van der Waals surface area contributed by atoms with Gasteiger partial charge in [-0.15, -0.1) is 0 Å². The molecular weight excluding hydrogens is 400 g/mol. The average Bonchev–Trinajstić information content (AvgIpc) is 2.99. The predicted octanol–water partition coefficient (Wildman–Crippen LogP) is 5.05. The molecule has 29 heavy (non-hydrogen) atoms. The lowest BCUT2D eigenvalue weighted by Crippen LogP contribution is -2.27. The number of thioether (sulfide) groups is 1. The van der Waals surface area contributed by atoms with Gasteiger partial charge in [0.1, 0.15) is 4.32 Å². The van der Waals surface area contributed by atoms with Crippen molar-refractivity contribution >= 4 is 45.8 Å². The molecule has 6 heteroatoms. The average molecular weight is 421 g/mol. The number of allylic oxidation sites excluding steroid dienone is 4. The van der Waals surface area contributed by atoms with Crippen LogP contribution < -0.4 is 4.90 Å². The number of thiocarbonyl (C=S) groups is 1. The van der Waals surface area contributed by atoms with Crippen LogP contribution >= 0.6 is 24.0 Å². The second kappa shape index (κ2) is 10.0. The monoisotopic (exact) mass is 420 g/mol. The minimum absolute atomic E-state index is 0.0809. The van der Waals surface area contributed by atoms with Crippen molar-refractivity contribution < 1.29 is 9.59 Å². The Balaban J connectivity index is 1.64. The summed E-state index contributed by atoms with van der Waals surface area (Å²) in [6.45, 7) is 1.98. The molecule has 3 rings (SSSR count). The summed E-state index contributed by atoms with van der Waals surface area (Å²) >= 11 is 6.65. The van der Waals surface area contributed by atoms with E-state index in [1.165, 1.54) is 18.7 Å². The third-order valence-corrected chi connectivity index (χ3v) is 5.53. The predicted molar refractivity (Wildman–Crippen MR) is 123 cm³/mol. The molecule has 0 spiro atoms. The number of nitrogens with zero attached hydrogens (tertiary/aromatic N) is 2. The molecule has 1 saturated heterocycles. The van der Waals surface area contributed by atoms with Crippen LogP contribution in [0.4, 0.5) is 5.69 Å². The Bertz CT molecular complexity index is 982. The van der Waals surface area contributed by atoms with E-state index in [0.717, 1.165) is 11.3 Å². The molecule has 146 valence electrons. The molecule has 1 aliphatic rings. The lowest BCUT2D eigenvalue weighted by atomic mass is 10.2. The number of amides is 2. The van der Waals surface area contributed by atoms with Gasteiger partial charge in [-0.05, 0) is 29.8 Å². The van der Waals surface area contributed by atoms with Gasteiger partial charge in [-0.25, -0.2) is 0 Å². The van der Waals surface area contributed by atoms with Gasteiger partial charge in [0.2, 0.25) is 5.91 Å². The Morgan fingerprint density at radius 1 is 1.03 bits per heavy atom. The first-order chi connectivity index (χ1) is 14.1. The molecule has 0 bridgehead atoms. The molecule has 2 aromatic rings. The first kappa shape index (κ1) is 20.8. The first-order valence-electron chi connectivity index (χ1n) is 9.04. The number of para-hydroxylation sites is 1. The minimum atomic E-state index is -0.0906. The van der Waals surface area contributed by atoms with Crippen molar-refractivity contribution in [3.63, 3.8) is 0 Å². The molecule has 0 aromatic heterocycles. The smallest absolute Gasteiger partial charge is 0.266 e. The molecule has 1 fully saturated rings. The summed E-state index contributed by atoms with van der Waals surface area (Å²) in [5.74, 6) is -0.172. The quantitative estimate of drug-likeness (QED) is 0.372. The van der Waals surface area contributed by atoms with Crippen molar-refractivity contribution in [2.75, 3.05) is 4.90 Å². The maximum Gasteiger partial charge on any atom is 0.266 e. The van der Waals surface area contributed by atoms with E-state index in [0.29, 0.717) is 15.8 Å². The molecule has 2 aromatic carbocycles. The summed E-state index contributed by atoms with van der Waals surface area (Å²) in [6.07, 6.45) is 8.75. The Morgan fingerprint density at radius 3 is 2.34 bits per heavy atom. The van der Waals surface area contributed by atoms with Gasteiger partial charge < -0.3 is 0 Å². The van der Waals surface area contributed by atoms with E-state index >= 15 is 0 Å². The van der Waals surface area contributed by atoms with Gasteiger partial charge in [-0.3, -0.25) is 19.4 Å². The number of benzene rings is 2. The Kier molecular flexibility index (Phi) is 7.16. The minimum Gasteiger partial charge on any atom is -0.288 e. The Labute approximate surface area is 180 Å². The van der Waals surface area contributed by atoms with Gasteiger partial charge in [-0.1, -0.05) is 84.7 Å². The molecule has 0 radical (unpaired) electrons. The summed E-state index contributed by atoms with van der Waals surface area (Å²) in [7, 11) is 0. The normalized spacial score (nSPS) is 15.8. The van der Waals surface area contributed by atoms with Gasteiger partial charge in [-0.2, -0.15) is 0 Å². The molecule has 0 saturated carbocycles. The number of anilines is 1. The second-order valence-corrected chi connectivity index (χ2v) is 7.90. The van der Waals surface area contributed by atoms with Crippen molar-refractivity contribution in [1.29, 1.82) is 0 Å². The highest BCUT2D eigenvalue weighted by Gasteiger charge is 2.31. The fourth-order valence-corrected chi connectivity index (χ4v) is 3.93.